The number of aromatic nitrogens is 1. The second-order valence-corrected chi connectivity index (χ2v) is 7.14. The van der Waals surface area contributed by atoms with Crippen molar-refractivity contribution in [2.75, 3.05) is 0 Å². The van der Waals surface area contributed by atoms with E-state index >= 15 is 0 Å². The summed E-state index contributed by atoms with van der Waals surface area (Å²) in [7, 11) is 0. The van der Waals surface area contributed by atoms with Crippen molar-refractivity contribution in [2.24, 2.45) is 4.99 Å². The molecule has 2 aromatic carbocycles. The van der Waals surface area contributed by atoms with Crippen LogP contribution in [-0.4, -0.2) is 16.1 Å². The van der Waals surface area contributed by atoms with Gasteiger partial charge in [0.25, 0.3) is 5.91 Å². The molecule has 1 N–H and O–H groups in total. The zero-order valence-electron chi connectivity index (χ0n) is 13.0. The highest BCUT2D eigenvalue weighted by Gasteiger charge is 2.24. The van der Waals surface area contributed by atoms with Crippen LogP contribution >= 0.6 is 23.1 Å². The van der Waals surface area contributed by atoms with Crippen LogP contribution in [-0.2, 0) is 4.79 Å². The highest BCUT2D eigenvalue weighted by molar-refractivity contribution is 8.18. The van der Waals surface area contributed by atoms with Gasteiger partial charge in [-0.15, -0.1) is 11.3 Å². The Labute approximate surface area is 153 Å². The summed E-state index contributed by atoms with van der Waals surface area (Å²) in [6.45, 7) is 0. The molecule has 2 heterocycles. The van der Waals surface area contributed by atoms with Crippen molar-refractivity contribution >= 4 is 45.4 Å². The number of hydrogen-bond acceptors (Lipinski definition) is 5. The number of nitrogens with one attached hydrogen (secondary N) is 1. The molecule has 1 aliphatic heterocycles. The molecule has 4 nitrogen and oxygen atoms in total. The average Bonchev–Trinajstić information content (AvgIpc) is 3.24. The lowest BCUT2D eigenvalue weighted by Gasteiger charge is -1.94. The van der Waals surface area contributed by atoms with Crippen molar-refractivity contribution in [1.29, 1.82) is 0 Å². The first kappa shape index (κ1) is 15.8. The van der Waals surface area contributed by atoms with E-state index in [1.807, 2.05) is 72.1 Å². The number of nitrogens with zero attached hydrogens (tertiary/aromatic N) is 2. The lowest BCUT2D eigenvalue weighted by Crippen LogP contribution is -2.19. The molecule has 0 saturated carbocycles. The van der Waals surface area contributed by atoms with Crippen molar-refractivity contribution in [1.82, 2.24) is 10.3 Å². The number of thioether (sulfide) groups is 1. The third-order valence-corrected chi connectivity index (χ3v) is 5.15. The molecule has 0 aliphatic carbocycles. The Kier molecular flexibility index (Phi) is 4.45. The minimum atomic E-state index is -0.132. The van der Waals surface area contributed by atoms with Crippen LogP contribution in [0.4, 0.5) is 5.13 Å². The molecule has 1 fully saturated rings. The fourth-order valence-electron chi connectivity index (χ4n) is 2.33. The second-order valence-electron chi connectivity index (χ2n) is 5.27. The summed E-state index contributed by atoms with van der Waals surface area (Å²) in [5.74, 6) is -0.132. The molecule has 0 unspecified atom stereocenters. The summed E-state index contributed by atoms with van der Waals surface area (Å²) < 4.78 is 0. The van der Waals surface area contributed by atoms with Crippen molar-refractivity contribution in [3.05, 3.63) is 76.5 Å². The number of carbonyl (C=O) groups is 1. The zero-order chi connectivity index (χ0) is 17.1. The number of amidine groups is 1. The normalized spacial score (nSPS) is 17.2. The monoisotopic (exact) mass is 363 g/mol. The van der Waals surface area contributed by atoms with Crippen LogP contribution < -0.4 is 5.32 Å². The van der Waals surface area contributed by atoms with Gasteiger partial charge in [0.15, 0.2) is 5.17 Å². The Balaban J connectivity index is 1.54. The highest BCUT2D eigenvalue weighted by Crippen LogP contribution is 2.31. The second kappa shape index (κ2) is 7.04. The predicted molar refractivity (Wildman–Crippen MR) is 105 cm³/mol. The van der Waals surface area contributed by atoms with Gasteiger partial charge in [-0.05, 0) is 23.4 Å². The first-order valence-electron chi connectivity index (χ1n) is 7.63. The standard InChI is InChI=1S/C19H13N3OS2/c23-17-16(11-13-7-3-1-4-8-13)25-19(21-17)22-18-20-15(12-24-18)14-9-5-2-6-10-14/h1-12H,(H,20,21,22,23)/b16-11-. The highest BCUT2D eigenvalue weighted by atomic mass is 32.2. The Morgan fingerprint density at radius 2 is 1.72 bits per heavy atom. The molecular weight excluding hydrogens is 350 g/mol. The lowest BCUT2D eigenvalue weighted by atomic mass is 10.2. The summed E-state index contributed by atoms with van der Waals surface area (Å²) in [5.41, 5.74) is 2.93. The fourth-order valence-corrected chi connectivity index (χ4v) is 3.91. The van der Waals surface area contributed by atoms with E-state index in [1.165, 1.54) is 23.1 Å². The Hall–Kier alpha value is -2.70. The van der Waals surface area contributed by atoms with E-state index < -0.39 is 0 Å². The topological polar surface area (TPSA) is 54.4 Å². The van der Waals surface area contributed by atoms with Gasteiger partial charge in [0.2, 0.25) is 5.13 Å². The minimum Gasteiger partial charge on any atom is -0.300 e. The molecule has 1 aromatic heterocycles. The number of carbonyl (C=O) groups excluding carboxylic acids is 1. The van der Waals surface area contributed by atoms with Crippen LogP contribution in [0.3, 0.4) is 0 Å². The number of aliphatic imine (C=N–C) groups is 1. The Morgan fingerprint density at radius 3 is 2.48 bits per heavy atom. The molecule has 0 radical (unpaired) electrons. The summed E-state index contributed by atoms with van der Waals surface area (Å²) in [6, 6.07) is 19.7. The maximum atomic E-state index is 12.1. The fraction of sp³-hybridized carbons (Fsp3) is 0. The van der Waals surface area contributed by atoms with Crippen LogP contribution in [0.1, 0.15) is 5.56 Å². The molecule has 6 heteroatoms. The summed E-state index contributed by atoms with van der Waals surface area (Å²) >= 11 is 2.79. The van der Waals surface area contributed by atoms with E-state index in [1.54, 1.807) is 0 Å². The van der Waals surface area contributed by atoms with Gasteiger partial charge in [0.1, 0.15) is 0 Å². The maximum absolute atomic E-state index is 12.1. The number of amides is 1. The van der Waals surface area contributed by atoms with Gasteiger partial charge in [0, 0.05) is 10.9 Å². The Morgan fingerprint density at radius 1 is 1.00 bits per heavy atom. The third-order valence-electron chi connectivity index (χ3n) is 3.51. The summed E-state index contributed by atoms with van der Waals surface area (Å²) in [4.78, 5) is 21.7. The molecule has 122 valence electrons. The van der Waals surface area contributed by atoms with Crippen molar-refractivity contribution < 1.29 is 4.79 Å². The van der Waals surface area contributed by atoms with Gasteiger partial charge < -0.3 is 5.32 Å². The predicted octanol–water partition coefficient (Wildman–Crippen LogP) is 4.70. The van der Waals surface area contributed by atoms with E-state index in [-0.39, 0.29) is 5.91 Å². The van der Waals surface area contributed by atoms with Crippen LogP contribution in [0.2, 0.25) is 0 Å². The van der Waals surface area contributed by atoms with Crippen LogP contribution in [0.25, 0.3) is 17.3 Å². The zero-order valence-corrected chi connectivity index (χ0v) is 14.7. The quantitative estimate of drug-likeness (QED) is 0.686. The van der Waals surface area contributed by atoms with E-state index in [2.05, 4.69) is 15.3 Å². The molecule has 3 aromatic rings. The van der Waals surface area contributed by atoms with Crippen LogP contribution in [0.15, 0.2) is 75.9 Å². The van der Waals surface area contributed by atoms with Gasteiger partial charge in [-0.25, -0.2) is 4.98 Å². The van der Waals surface area contributed by atoms with Crippen LogP contribution in [0.5, 0.6) is 0 Å². The average molecular weight is 363 g/mol. The van der Waals surface area contributed by atoms with Gasteiger partial charge >= 0.3 is 0 Å². The maximum Gasteiger partial charge on any atom is 0.264 e. The molecule has 0 bridgehead atoms. The molecule has 0 spiro atoms. The largest absolute Gasteiger partial charge is 0.300 e. The molecule has 1 saturated heterocycles. The van der Waals surface area contributed by atoms with Gasteiger partial charge in [0.05, 0.1) is 10.6 Å². The first-order chi connectivity index (χ1) is 12.3. The third kappa shape index (κ3) is 3.70. The molecule has 4 rings (SSSR count). The summed E-state index contributed by atoms with van der Waals surface area (Å²) in [6.07, 6.45) is 1.86. The number of thiazole rings is 1. The van der Waals surface area contributed by atoms with Crippen molar-refractivity contribution in [2.45, 2.75) is 0 Å². The number of benzene rings is 2. The van der Waals surface area contributed by atoms with E-state index in [0.29, 0.717) is 15.2 Å². The number of rotatable bonds is 3. The van der Waals surface area contributed by atoms with Gasteiger partial charge in [-0.2, -0.15) is 4.99 Å². The minimum absolute atomic E-state index is 0.132. The Bertz CT molecular complexity index is 963. The van der Waals surface area contributed by atoms with E-state index in [0.717, 1.165) is 16.8 Å². The lowest BCUT2D eigenvalue weighted by molar-refractivity contribution is -0.115. The molecule has 1 aliphatic rings. The van der Waals surface area contributed by atoms with Gasteiger partial charge in [-0.1, -0.05) is 60.7 Å². The number of hydrogen-bond donors (Lipinski definition) is 1. The molecule has 25 heavy (non-hydrogen) atoms. The molecular formula is C19H13N3OS2. The van der Waals surface area contributed by atoms with Crippen molar-refractivity contribution in [3.63, 3.8) is 0 Å². The molecule has 1 amide bonds. The van der Waals surface area contributed by atoms with E-state index in [9.17, 15) is 4.79 Å². The SMILES string of the molecule is O=C1N/C(=N\c2nc(-c3ccccc3)cs2)S/C1=C\c1ccccc1. The first-order valence-corrected chi connectivity index (χ1v) is 9.33. The molecule has 0 atom stereocenters. The smallest absolute Gasteiger partial charge is 0.264 e. The van der Waals surface area contributed by atoms with E-state index in [4.69, 9.17) is 0 Å². The van der Waals surface area contributed by atoms with Crippen molar-refractivity contribution in [3.8, 4) is 11.3 Å². The summed E-state index contributed by atoms with van der Waals surface area (Å²) in [5, 5.41) is 5.95. The van der Waals surface area contributed by atoms with Crippen LogP contribution in [0, 0.1) is 0 Å². The van der Waals surface area contributed by atoms with Gasteiger partial charge in [-0.3, -0.25) is 4.79 Å².